The average Bonchev–Trinajstić information content (AvgIpc) is 2.67. The van der Waals surface area contributed by atoms with Crippen LogP contribution in [0.4, 0.5) is 0 Å². The number of aliphatic hydroxyl groups excluding tert-OH is 1. The lowest BCUT2D eigenvalue weighted by atomic mass is 9.88. The van der Waals surface area contributed by atoms with Gasteiger partial charge >= 0.3 is 0 Å². The number of hydrogen-bond donors (Lipinski definition) is 1. The fourth-order valence-corrected chi connectivity index (χ4v) is 4.42. The van der Waals surface area contributed by atoms with Gasteiger partial charge in [0, 0.05) is 12.8 Å². The molecule has 146 valence electrons. The first-order valence-electron chi connectivity index (χ1n) is 9.65. The predicted molar refractivity (Wildman–Crippen MR) is 108 cm³/mol. The van der Waals surface area contributed by atoms with Crippen LogP contribution in [0.15, 0.2) is 59.5 Å². The zero-order chi connectivity index (χ0) is 19.3. The predicted octanol–water partition coefficient (Wildman–Crippen LogP) is 3.30. The quantitative estimate of drug-likeness (QED) is 0.792. The maximum Gasteiger partial charge on any atom is 0.175 e. The Labute approximate surface area is 162 Å². The highest BCUT2D eigenvalue weighted by Crippen LogP contribution is 2.25. The van der Waals surface area contributed by atoms with Crippen molar-refractivity contribution in [2.24, 2.45) is 5.92 Å². The first kappa shape index (κ1) is 20.1. The molecule has 0 aromatic heterocycles. The van der Waals surface area contributed by atoms with Crippen LogP contribution >= 0.6 is 0 Å². The smallest absolute Gasteiger partial charge is 0.175 e. The molecule has 1 fully saturated rings. The summed E-state index contributed by atoms with van der Waals surface area (Å²) in [6.07, 6.45) is 4.77. The summed E-state index contributed by atoms with van der Waals surface area (Å²) in [4.78, 5) is 2.75. The number of hydrogen-bond acceptors (Lipinski definition) is 4. The van der Waals surface area contributed by atoms with E-state index in [-0.39, 0.29) is 6.10 Å². The van der Waals surface area contributed by atoms with E-state index >= 15 is 0 Å². The van der Waals surface area contributed by atoms with E-state index in [0.29, 0.717) is 10.8 Å². The molecule has 1 heterocycles. The zero-order valence-electron chi connectivity index (χ0n) is 15.9. The van der Waals surface area contributed by atoms with Gasteiger partial charge in [0.15, 0.2) is 9.84 Å². The van der Waals surface area contributed by atoms with Crippen molar-refractivity contribution in [3.05, 3.63) is 65.7 Å². The molecule has 3 rings (SSSR count). The van der Waals surface area contributed by atoms with Gasteiger partial charge in [-0.1, -0.05) is 42.5 Å². The Morgan fingerprint density at radius 3 is 2.22 bits per heavy atom. The normalized spacial score (nSPS) is 17.7. The van der Waals surface area contributed by atoms with Crippen LogP contribution in [0.3, 0.4) is 0 Å². The summed E-state index contributed by atoms with van der Waals surface area (Å²) in [7, 11) is -3.14. The topological polar surface area (TPSA) is 57.6 Å². The van der Waals surface area contributed by atoms with Gasteiger partial charge in [-0.15, -0.1) is 0 Å². The van der Waals surface area contributed by atoms with Crippen LogP contribution in [0.1, 0.15) is 30.4 Å². The number of aryl methyl sites for hydroxylation is 1. The number of nitrogens with zero attached hydrogens (tertiary/aromatic N) is 1. The maximum atomic E-state index is 11.5. The minimum absolute atomic E-state index is 0.235. The van der Waals surface area contributed by atoms with Crippen LogP contribution < -0.4 is 0 Å². The van der Waals surface area contributed by atoms with Gasteiger partial charge in [0.25, 0.3) is 0 Å². The van der Waals surface area contributed by atoms with Crippen molar-refractivity contribution in [2.75, 3.05) is 19.3 Å². The lowest BCUT2D eigenvalue weighted by Gasteiger charge is -2.34. The molecule has 4 nitrogen and oxygen atoms in total. The molecular formula is C22H29NO3S. The number of sulfone groups is 1. The standard InChI is InChI=1S/C22H29NO3S/c1-27(25,26)21-10-7-19(8-11-21)17-23-15-13-20(14-16-23)22(24)12-9-18-5-3-2-4-6-18/h2-8,10-11,20,22,24H,9,12-17H2,1H3. The fraction of sp³-hybridized carbons (Fsp3) is 0.455. The minimum Gasteiger partial charge on any atom is -0.393 e. The highest BCUT2D eigenvalue weighted by atomic mass is 32.2. The molecule has 0 saturated carbocycles. The van der Waals surface area contributed by atoms with Gasteiger partial charge in [0.1, 0.15) is 0 Å². The molecular weight excluding hydrogens is 358 g/mol. The molecule has 0 bridgehead atoms. The highest BCUT2D eigenvalue weighted by molar-refractivity contribution is 7.90. The lowest BCUT2D eigenvalue weighted by molar-refractivity contribution is 0.0519. The van der Waals surface area contributed by atoms with Crippen LogP contribution in [0.2, 0.25) is 0 Å². The van der Waals surface area contributed by atoms with Crippen LogP contribution in [0.25, 0.3) is 0 Å². The van der Waals surface area contributed by atoms with Crippen molar-refractivity contribution in [3.8, 4) is 0 Å². The molecule has 1 aliphatic heterocycles. The first-order chi connectivity index (χ1) is 12.9. The third-order valence-electron chi connectivity index (χ3n) is 5.51. The van der Waals surface area contributed by atoms with Crippen molar-refractivity contribution < 1.29 is 13.5 Å². The summed E-state index contributed by atoms with van der Waals surface area (Å²) in [6.45, 7) is 2.78. The van der Waals surface area contributed by atoms with Gasteiger partial charge in [0.05, 0.1) is 11.0 Å². The van der Waals surface area contributed by atoms with Crippen molar-refractivity contribution in [1.82, 2.24) is 4.90 Å². The van der Waals surface area contributed by atoms with Crippen molar-refractivity contribution in [3.63, 3.8) is 0 Å². The maximum absolute atomic E-state index is 11.5. The number of rotatable bonds is 7. The molecule has 0 radical (unpaired) electrons. The third kappa shape index (κ3) is 5.89. The van der Waals surface area contributed by atoms with Gasteiger partial charge < -0.3 is 5.11 Å². The van der Waals surface area contributed by atoms with E-state index in [9.17, 15) is 13.5 Å². The molecule has 0 aliphatic carbocycles. The van der Waals surface area contributed by atoms with Crippen molar-refractivity contribution in [2.45, 2.75) is 43.2 Å². The van der Waals surface area contributed by atoms with Gasteiger partial charge in [-0.25, -0.2) is 8.42 Å². The third-order valence-corrected chi connectivity index (χ3v) is 6.63. The molecule has 27 heavy (non-hydrogen) atoms. The lowest BCUT2D eigenvalue weighted by Crippen LogP contribution is -2.37. The molecule has 1 saturated heterocycles. The van der Waals surface area contributed by atoms with E-state index in [1.807, 2.05) is 30.3 Å². The van der Waals surface area contributed by atoms with E-state index in [1.165, 1.54) is 11.8 Å². The summed E-state index contributed by atoms with van der Waals surface area (Å²) in [5, 5.41) is 10.5. The zero-order valence-corrected chi connectivity index (χ0v) is 16.7. The summed E-state index contributed by atoms with van der Waals surface area (Å²) >= 11 is 0. The molecule has 2 aromatic carbocycles. The van der Waals surface area contributed by atoms with Gasteiger partial charge in [-0.2, -0.15) is 0 Å². The Kier molecular flexibility index (Phi) is 6.68. The second-order valence-corrected chi connectivity index (χ2v) is 9.64. The highest BCUT2D eigenvalue weighted by Gasteiger charge is 2.25. The van der Waals surface area contributed by atoms with E-state index in [1.54, 1.807) is 12.1 Å². The van der Waals surface area contributed by atoms with Crippen molar-refractivity contribution in [1.29, 1.82) is 0 Å². The molecule has 1 aliphatic rings. The Morgan fingerprint density at radius 2 is 1.63 bits per heavy atom. The van der Waals surface area contributed by atoms with Gasteiger partial charge in [0.2, 0.25) is 0 Å². The molecule has 5 heteroatoms. The number of likely N-dealkylation sites (tertiary alicyclic amines) is 1. The second kappa shape index (κ2) is 9.00. The minimum atomic E-state index is -3.14. The molecule has 1 atom stereocenters. The Balaban J connectivity index is 1.44. The number of piperidine rings is 1. The van der Waals surface area contributed by atoms with Crippen molar-refractivity contribution >= 4 is 9.84 Å². The van der Waals surface area contributed by atoms with Crippen LogP contribution in [0, 0.1) is 5.92 Å². The molecule has 0 amide bonds. The Morgan fingerprint density at radius 1 is 1.00 bits per heavy atom. The summed E-state index contributed by atoms with van der Waals surface area (Å²) < 4.78 is 23.1. The van der Waals surface area contributed by atoms with Gasteiger partial charge in [-0.05, 0) is 68.0 Å². The first-order valence-corrected chi connectivity index (χ1v) is 11.5. The van der Waals surface area contributed by atoms with E-state index in [2.05, 4.69) is 17.0 Å². The Hall–Kier alpha value is -1.69. The monoisotopic (exact) mass is 387 g/mol. The van der Waals surface area contributed by atoms with E-state index in [4.69, 9.17) is 0 Å². The Bertz CT molecular complexity index is 810. The second-order valence-electron chi connectivity index (χ2n) is 7.62. The average molecular weight is 388 g/mol. The molecule has 1 unspecified atom stereocenters. The van der Waals surface area contributed by atoms with Crippen LogP contribution in [0.5, 0.6) is 0 Å². The molecule has 0 spiro atoms. The molecule has 1 N–H and O–H groups in total. The summed E-state index contributed by atoms with van der Waals surface area (Å²) in [6, 6.07) is 17.5. The fourth-order valence-electron chi connectivity index (χ4n) is 3.79. The van der Waals surface area contributed by atoms with Crippen LogP contribution in [-0.4, -0.2) is 43.9 Å². The SMILES string of the molecule is CS(=O)(=O)c1ccc(CN2CCC(C(O)CCc3ccccc3)CC2)cc1. The summed E-state index contributed by atoms with van der Waals surface area (Å²) in [5.74, 6) is 0.373. The van der Waals surface area contributed by atoms with E-state index < -0.39 is 9.84 Å². The molecule has 2 aromatic rings. The number of aliphatic hydroxyl groups is 1. The van der Waals surface area contributed by atoms with Crippen LogP contribution in [-0.2, 0) is 22.8 Å². The van der Waals surface area contributed by atoms with Gasteiger partial charge in [-0.3, -0.25) is 4.90 Å². The largest absolute Gasteiger partial charge is 0.393 e. The summed E-state index contributed by atoms with van der Waals surface area (Å²) in [5.41, 5.74) is 2.41. The number of benzene rings is 2. The van der Waals surface area contributed by atoms with E-state index in [0.717, 1.165) is 50.9 Å².